The maximum Gasteiger partial charge on any atom is 0.166 e. The van der Waals surface area contributed by atoms with Gasteiger partial charge in [0.05, 0.1) is 0 Å². The SMILES string of the molecule is O=C(c1ccc(N2CCCCC2)cc1)C1CC1c1ccc(Cl)cc1. The number of Topliss-reactive ketones (excluding diaryl/α,β-unsaturated/α-hetero) is 1. The van der Waals surface area contributed by atoms with Crippen LogP contribution in [0.4, 0.5) is 5.69 Å². The van der Waals surface area contributed by atoms with Gasteiger partial charge >= 0.3 is 0 Å². The van der Waals surface area contributed by atoms with Crippen LogP contribution in [0.25, 0.3) is 0 Å². The van der Waals surface area contributed by atoms with Crippen LogP contribution < -0.4 is 4.90 Å². The average Bonchev–Trinajstić information content (AvgIpc) is 3.43. The monoisotopic (exact) mass is 339 g/mol. The van der Waals surface area contributed by atoms with E-state index in [4.69, 9.17) is 11.6 Å². The Balaban J connectivity index is 1.42. The second kappa shape index (κ2) is 6.60. The molecular weight excluding hydrogens is 318 g/mol. The summed E-state index contributed by atoms with van der Waals surface area (Å²) >= 11 is 5.94. The summed E-state index contributed by atoms with van der Waals surface area (Å²) in [5.41, 5.74) is 3.32. The lowest BCUT2D eigenvalue weighted by molar-refractivity contribution is 0.0965. The summed E-state index contributed by atoms with van der Waals surface area (Å²) in [5, 5.41) is 0.746. The van der Waals surface area contributed by atoms with Crippen molar-refractivity contribution in [1.29, 1.82) is 0 Å². The van der Waals surface area contributed by atoms with Crippen molar-refractivity contribution in [2.24, 2.45) is 5.92 Å². The molecule has 2 nitrogen and oxygen atoms in total. The Morgan fingerprint density at radius 2 is 1.58 bits per heavy atom. The number of ketones is 1. The normalized spacial score (nSPS) is 23.1. The van der Waals surface area contributed by atoms with E-state index in [-0.39, 0.29) is 11.7 Å². The van der Waals surface area contributed by atoms with E-state index in [9.17, 15) is 4.79 Å². The highest BCUT2D eigenvalue weighted by molar-refractivity contribution is 6.30. The van der Waals surface area contributed by atoms with Crippen LogP contribution in [0, 0.1) is 5.92 Å². The molecule has 3 heteroatoms. The fourth-order valence-corrected chi connectivity index (χ4v) is 3.89. The summed E-state index contributed by atoms with van der Waals surface area (Å²) in [7, 11) is 0. The number of carbonyl (C=O) groups excluding carboxylic acids is 1. The van der Waals surface area contributed by atoms with Gasteiger partial charge in [0.1, 0.15) is 0 Å². The third-order valence-electron chi connectivity index (χ3n) is 5.30. The number of anilines is 1. The molecule has 2 aliphatic rings. The highest BCUT2D eigenvalue weighted by Crippen LogP contribution is 2.49. The zero-order valence-corrected chi connectivity index (χ0v) is 14.5. The third kappa shape index (κ3) is 3.21. The van der Waals surface area contributed by atoms with Crippen LogP contribution in [-0.2, 0) is 0 Å². The van der Waals surface area contributed by atoms with Crippen molar-refractivity contribution >= 4 is 23.1 Å². The average molecular weight is 340 g/mol. The number of piperidine rings is 1. The largest absolute Gasteiger partial charge is 0.372 e. The molecule has 1 aliphatic carbocycles. The minimum Gasteiger partial charge on any atom is -0.372 e. The number of rotatable bonds is 4. The van der Waals surface area contributed by atoms with Crippen molar-refractivity contribution in [1.82, 2.24) is 0 Å². The molecule has 1 saturated carbocycles. The first-order valence-electron chi connectivity index (χ1n) is 8.87. The molecular formula is C21H22ClNO. The summed E-state index contributed by atoms with van der Waals surface area (Å²) in [6.07, 6.45) is 4.83. The van der Waals surface area contributed by atoms with Crippen LogP contribution in [0.5, 0.6) is 0 Å². The molecule has 2 aromatic carbocycles. The summed E-state index contributed by atoms with van der Waals surface area (Å²) in [5.74, 6) is 0.767. The maximum absolute atomic E-state index is 12.7. The highest BCUT2D eigenvalue weighted by atomic mass is 35.5. The van der Waals surface area contributed by atoms with Gasteiger partial charge in [0.15, 0.2) is 5.78 Å². The van der Waals surface area contributed by atoms with Gasteiger partial charge in [0.2, 0.25) is 0 Å². The molecule has 2 atom stereocenters. The second-order valence-corrected chi connectivity index (χ2v) is 7.40. The molecule has 4 rings (SSSR count). The quantitative estimate of drug-likeness (QED) is 0.703. The van der Waals surface area contributed by atoms with E-state index >= 15 is 0 Å². The van der Waals surface area contributed by atoms with E-state index in [2.05, 4.69) is 17.0 Å². The molecule has 0 bridgehead atoms. The predicted octanol–water partition coefficient (Wildman–Crippen LogP) is 5.32. The van der Waals surface area contributed by atoms with Gasteiger partial charge in [-0.15, -0.1) is 0 Å². The van der Waals surface area contributed by atoms with Gasteiger partial charge in [-0.1, -0.05) is 23.7 Å². The molecule has 0 radical (unpaired) electrons. The van der Waals surface area contributed by atoms with Crippen molar-refractivity contribution in [2.45, 2.75) is 31.6 Å². The van der Waals surface area contributed by atoms with Gasteiger partial charge in [0, 0.05) is 35.3 Å². The van der Waals surface area contributed by atoms with E-state index in [1.54, 1.807) is 0 Å². The molecule has 1 heterocycles. The van der Waals surface area contributed by atoms with Crippen LogP contribution in [0.2, 0.25) is 5.02 Å². The molecule has 0 aromatic heterocycles. The number of benzene rings is 2. The number of carbonyl (C=O) groups is 1. The maximum atomic E-state index is 12.7. The molecule has 0 N–H and O–H groups in total. The topological polar surface area (TPSA) is 20.3 Å². The van der Waals surface area contributed by atoms with Crippen molar-refractivity contribution in [2.75, 3.05) is 18.0 Å². The fraction of sp³-hybridized carbons (Fsp3) is 0.381. The predicted molar refractivity (Wildman–Crippen MR) is 99.1 cm³/mol. The van der Waals surface area contributed by atoms with Crippen LogP contribution in [-0.4, -0.2) is 18.9 Å². The minimum atomic E-state index is 0.131. The smallest absolute Gasteiger partial charge is 0.166 e. The number of hydrogen-bond acceptors (Lipinski definition) is 2. The molecule has 124 valence electrons. The Labute approximate surface area is 148 Å². The van der Waals surface area contributed by atoms with Crippen LogP contribution in [0.3, 0.4) is 0 Å². The lowest BCUT2D eigenvalue weighted by atomic mass is 10.0. The van der Waals surface area contributed by atoms with E-state index in [0.717, 1.165) is 30.1 Å². The third-order valence-corrected chi connectivity index (χ3v) is 5.55. The Kier molecular flexibility index (Phi) is 4.32. The number of halogens is 1. The number of hydrogen-bond donors (Lipinski definition) is 0. The Bertz CT molecular complexity index is 717. The summed E-state index contributed by atoms with van der Waals surface area (Å²) in [4.78, 5) is 15.1. The molecule has 0 spiro atoms. The molecule has 0 amide bonds. The van der Waals surface area contributed by atoms with Gasteiger partial charge in [-0.2, -0.15) is 0 Å². The molecule has 2 aromatic rings. The second-order valence-electron chi connectivity index (χ2n) is 6.96. The first kappa shape index (κ1) is 15.7. The van der Waals surface area contributed by atoms with Crippen molar-refractivity contribution < 1.29 is 4.79 Å². The van der Waals surface area contributed by atoms with Crippen LogP contribution >= 0.6 is 11.6 Å². The van der Waals surface area contributed by atoms with E-state index in [1.165, 1.54) is 30.5 Å². The van der Waals surface area contributed by atoms with E-state index in [1.807, 2.05) is 36.4 Å². The van der Waals surface area contributed by atoms with Gasteiger partial charge in [-0.05, 0) is 73.6 Å². The standard InChI is InChI=1S/C21H22ClNO/c22-17-8-4-15(5-9-17)19-14-20(19)21(24)16-6-10-18(11-7-16)23-12-2-1-3-13-23/h4-11,19-20H,1-3,12-14H2. The Morgan fingerprint density at radius 1 is 0.917 bits per heavy atom. The van der Waals surface area contributed by atoms with Gasteiger partial charge in [-0.3, -0.25) is 4.79 Å². The lowest BCUT2D eigenvalue weighted by Gasteiger charge is -2.28. The lowest BCUT2D eigenvalue weighted by Crippen LogP contribution is -2.29. The zero-order chi connectivity index (χ0) is 16.5. The highest BCUT2D eigenvalue weighted by Gasteiger charge is 2.43. The van der Waals surface area contributed by atoms with Crippen molar-refractivity contribution in [3.05, 3.63) is 64.7 Å². The van der Waals surface area contributed by atoms with E-state index in [0.29, 0.717) is 5.92 Å². The van der Waals surface area contributed by atoms with E-state index < -0.39 is 0 Å². The van der Waals surface area contributed by atoms with Crippen LogP contribution in [0.15, 0.2) is 48.5 Å². The molecule has 24 heavy (non-hydrogen) atoms. The number of nitrogens with zero attached hydrogens (tertiary/aromatic N) is 1. The van der Waals surface area contributed by atoms with Gasteiger partial charge < -0.3 is 4.90 Å². The van der Waals surface area contributed by atoms with Gasteiger partial charge in [0.25, 0.3) is 0 Å². The summed E-state index contributed by atoms with van der Waals surface area (Å²) in [6.45, 7) is 2.27. The minimum absolute atomic E-state index is 0.131. The molecule has 1 saturated heterocycles. The van der Waals surface area contributed by atoms with Crippen molar-refractivity contribution in [3.8, 4) is 0 Å². The molecule has 2 fully saturated rings. The van der Waals surface area contributed by atoms with Crippen LogP contribution in [0.1, 0.15) is 47.5 Å². The summed E-state index contributed by atoms with van der Waals surface area (Å²) < 4.78 is 0. The summed E-state index contributed by atoms with van der Waals surface area (Å²) in [6, 6.07) is 16.1. The Morgan fingerprint density at radius 3 is 2.25 bits per heavy atom. The Hall–Kier alpha value is -1.80. The fourth-order valence-electron chi connectivity index (χ4n) is 3.77. The zero-order valence-electron chi connectivity index (χ0n) is 13.7. The first-order valence-corrected chi connectivity index (χ1v) is 9.25. The first-order chi connectivity index (χ1) is 11.7. The van der Waals surface area contributed by atoms with Crippen molar-refractivity contribution in [3.63, 3.8) is 0 Å². The molecule has 2 unspecified atom stereocenters. The van der Waals surface area contributed by atoms with Gasteiger partial charge in [-0.25, -0.2) is 0 Å². The molecule has 1 aliphatic heterocycles.